The number of hydrogen-bond donors (Lipinski definition) is 3. The molecule has 0 fully saturated rings. The summed E-state index contributed by atoms with van der Waals surface area (Å²) in [5.74, 6) is 0.0987. The van der Waals surface area contributed by atoms with Crippen molar-refractivity contribution in [2.45, 2.75) is 46.2 Å². The Morgan fingerprint density at radius 1 is 1.26 bits per heavy atom. The normalized spacial score (nSPS) is 11.1. The van der Waals surface area contributed by atoms with Crippen LogP contribution in [0.25, 0.3) is 10.9 Å². The smallest absolute Gasteiger partial charge is 0.321 e. The van der Waals surface area contributed by atoms with Crippen LogP contribution < -0.4 is 16.2 Å². The zero-order valence-corrected chi connectivity index (χ0v) is 16.0. The van der Waals surface area contributed by atoms with Crippen LogP contribution in [0.2, 0.25) is 0 Å². The van der Waals surface area contributed by atoms with Crippen molar-refractivity contribution >= 4 is 22.8 Å². The van der Waals surface area contributed by atoms with Gasteiger partial charge in [0.2, 0.25) is 5.91 Å². The topological polar surface area (TPSA) is 107 Å². The third-order valence-corrected chi connectivity index (χ3v) is 3.90. The van der Waals surface area contributed by atoms with Gasteiger partial charge in [-0.25, -0.2) is 9.78 Å². The highest BCUT2D eigenvalue weighted by atomic mass is 16.2. The second-order valence-electron chi connectivity index (χ2n) is 6.77. The molecular formula is C19H27N5O3. The van der Waals surface area contributed by atoms with Gasteiger partial charge in [0.1, 0.15) is 5.82 Å². The Labute approximate surface area is 158 Å². The maximum atomic E-state index is 12.2. The number of H-pyrrole nitrogens is 1. The van der Waals surface area contributed by atoms with Crippen molar-refractivity contribution < 1.29 is 9.59 Å². The number of imide groups is 1. The monoisotopic (exact) mass is 373 g/mol. The van der Waals surface area contributed by atoms with E-state index in [9.17, 15) is 14.4 Å². The number of benzene rings is 1. The standard InChI is InChI=1S/C19H27N5O3/c1-4-5-10-24(12-17(25)23-19(27)20-13(2)3)11-16-21-15-9-7-6-8-14(15)18(26)22-16/h6-9,13H,4-5,10-12H2,1-3H3,(H,21,22,26)(H2,20,23,25,27). The predicted molar refractivity (Wildman–Crippen MR) is 104 cm³/mol. The Morgan fingerprint density at radius 2 is 2.00 bits per heavy atom. The molecule has 0 unspecified atom stereocenters. The summed E-state index contributed by atoms with van der Waals surface area (Å²) in [5, 5.41) is 5.47. The third-order valence-electron chi connectivity index (χ3n) is 3.90. The first-order chi connectivity index (χ1) is 12.9. The molecule has 0 spiro atoms. The SMILES string of the molecule is CCCCN(CC(=O)NC(=O)NC(C)C)Cc1nc2ccccc2c(=O)[nH]1. The molecule has 27 heavy (non-hydrogen) atoms. The molecule has 2 aromatic rings. The van der Waals surface area contributed by atoms with Crippen LogP contribution >= 0.6 is 0 Å². The zero-order chi connectivity index (χ0) is 19.8. The summed E-state index contributed by atoms with van der Waals surface area (Å²) in [6.45, 7) is 6.72. The summed E-state index contributed by atoms with van der Waals surface area (Å²) in [6.07, 6.45) is 1.86. The second kappa shape index (κ2) is 9.82. The summed E-state index contributed by atoms with van der Waals surface area (Å²) >= 11 is 0. The Kier molecular flexibility index (Phi) is 7.48. The van der Waals surface area contributed by atoms with Crippen molar-refractivity contribution in [1.29, 1.82) is 0 Å². The molecule has 1 heterocycles. The number of carbonyl (C=O) groups excluding carboxylic acids is 2. The van der Waals surface area contributed by atoms with Gasteiger partial charge in [-0.3, -0.25) is 19.8 Å². The molecule has 146 valence electrons. The van der Waals surface area contributed by atoms with Crippen LogP contribution in [0.5, 0.6) is 0 Å². The van der Waals surface area contributed by atoms with E-state index in [0.717, 1.165) is 12.8 Å². The number of aromatic nitrogens is 2. The van der Waals surface area contributed by atoms with Crippen molar-refractivity contribution in [2.24, 2.45) is 0 Å². The van der Waals surface area contributed by atoms with Crippen LogP contribution in [0, 0.1) is 0 Å². The summed E-state index contributed by atoms with van der Waals surface area (Å²) in [6, 6.07) is 6.56. The number of rotatable bonds is 8. The molecule has 0 atom stereocenters. The molecule has 0 aliphatic rings. The fourth-order valence-electron chi connectivity index (χ4n) is 2.68. The predicted octanol–water partition coefficient (Wildman–Crippen LogP) is 1.76. The van der Waals surface area contributed by atoms with Crippen LogP contribution in [0.1, 0.15) is 39.4 Å². The van der Waals surface area contributed by atoms with E-state index in [0.29, 0.717) is 29.8 Å². The zero-order valence-electron chi connectivity index (χ0n) is 16.0. The molecule has 2 rings (SSSR count). The van der Waals surface area contributed by atoms with E-state index in [2.05, 4.69) is 27.5 Å². The lowest BCUT2D eigenvalue weighted by Crippen LogP contribution is -2.46. The maximum Gasteiger partial charge on any atom is 0.321 e. The summed E-state index contributed by atoms with van der Waals surface area (Å²) < 4.78 is 0. The minimum atomic E-state index is -0.511. The fraction of sp³-hybridized carbons (Fsp3) is 0.474. The first kappa shape index (κ1) is 20.6. The molecule has 0 saturated heterocycles. The van der Waals surface area contributed by atoms with E-state index in [1.807, 2.05) is 24.8 Å². The van der Waals surface area contributed by atoms with Crippen LogP contribution in [0.15, 0.2) is 29.1 Å². The minimum absolute atomic E-state index is 0.0437. The quantitative estimate of drug-likeness (QED) is 0.654. The molecule has 0 radical (unpaired) electrons. The number of amides is 3. The molecule has 0 bridgehead atoms. The van der Waals surface area contributed by atoms with Gasteiger partial charge in [-0.05, 0) is 38.9 Å². The molecule has 1 aromatic heterocycles. The Bertz CT molecular complexity index is 847. The van der Waals surface area contributed by atoms with Crippen LogP contribution in [-0.2, 0) is 11.3 Å². The van der Waals surface area contributed by atoms with Gasteiger partial charge in [-0.1, -0.05) is 25.5 Å². The molecule has 3 N–H and O–H groups in total. The molecule has 0 saturated carbocycles. The molecule has 0 aliphatic heterocycles. The van der Waals surface area contributed by atoms with Gasteiger partial charge in [0, 0.05) is 6.04 Å². The highest BCUT2D eigenvalue weighted by molar-refractivity contribution is 5.95. The highest BCUT2D eigenvalue weighted by Crippen LogP contribution is 2.07. The number of fused-ring (bicyclic) bond motifs is 1. The van der Waals surface area contributed by atoms with E-state index >= 15 is 0 Å². The number of para-hydroxylation sites is 1. The number of aromatic amines is 1. The van der Waals surface area contributed by atoms with Gasteiger partial charge in [-0.15, -0.1) is 0 Å². The van der Waals surface area contributed by atoms with Crippen molar-refractivity contribution in [2.75, 3.05) is 13.1 Å². The Hall–Kier alpha value is -2.74. The molecule has 8 nitrogen and oxygen atoms in total. The minimum Gasteiger partial charge on any atom is -0.336 e. The van der Waals surface area contributed by atoms with Crippen molar-refractivity contribution in [3.05, 3.63) is 40.4 Å². The average Bonchev–Trinajstić information content (AvgIpc) is 2.58. The van der Waals surface area contributed by atoms with Crippen molar-refractivity contribution in [3.8, 4) is 0 Å². The molecule has 8 heteroatoms. The molecule has 3 amide bonds. The van der Waals surface area contributed by atoms with E-state index in [-0.39, 0.29) is 18.1 Å². The van der Waals surface area contributed by atoms with E-state index in [4.69, 9.17) is 0 Å². The van der Waals surface area contributed by atoms with E-state index < -0.39 is 11.9 Å². The van der Waals surface area contributed by atoms with Crippen molar-refractivity contribution in [1.82, 2.24) is 25.5 Å². The van der Waals surface area contributed by atoms with Crippen LogP contribution in [0.3, 0.4) is 0 Å². The number of hydrogen-bond acceptors (Lipinski definition) is 5. The number of carbonyl (C=O) groups is 2. The first-order valence-corrected chi connectivity index (χ1v) is 9.19. The second-order valence-corrected chi connectivity index (χ2v) is 6.77. The molecule has 0 aliphatic carbocycles. The largest absolute Gasteiger partial charge is 0.336 e. The van der Waals surface area contributed by atoms with Gasteiger partial charge >= 0.3 is 6.03 Å². The van der Waals surface area contributed by atoms with E-state index in [1.165, 1.54) is 0 Å². The summed E-state index contributed by atoms with van der Waals surface area (Å²) in [5.41, 5.74) is 0.416. The van der Waals surface area contributed by atoms with E-state index in [1.54, 1.807) is 18.2 Å². The van der Waals surface area contributed by atoms with Gasteiger partial charge in [0.15, 0.2) is 0 Å². The Balaban J connectivity index is 2.08. The van der Waals surface area contributed by atoms with Gasteiger partial charge in [-0.2, -0.15) is 0 Å². The van der Waals surface area contributed by atoms with Gasteiger partial charge < -0.3 is 10.3 Å². The third kappa shape index (κ3) is 6.49. The number of nitrogens with zero attached hydrogens (tertiary/aromatic N) is 2. The fourth-order valence-corrected chi connectivity index (χ4v) is 2.68. The van der Waals surface area contributed by atoms with Crippen molar-refractivity contribution in [3.63, 3.8) is 0 Å². The lowest BCUT2D eigenvalue weighted by atomic mass is 10.2. The number of nitrogens with one attached hydrogen (secondary N) is 3. The summed E-state index contributed by atoms with van der Waals surface area (Å²) in [7, 11) is 0. The van der Waals surface area contributed by atoms with Crippen LogP contribution in [0.4, 0.5) is 4.79 Å². The number of urea groups is 1. The highest BCUT2D eigenvalue weighted by Gasteiger charge is 2.15. The molecule has 1 aromatic carbocycles. The van der Waals surface area contributed by atoms with Gasteiger partial charge in [0.25, 0.3) is 5.56 Å². The Morgan fingerprint density at radius 3 is 2.70 bits per heavy atom. The maximum absolute atomic E-state index is 12.2. The summed E-state index contributed by atoms with van der Waals surface area (Å²) in [4.78, 5) is 45.2. The van der Waals surface area contributed by atoms with Crippen LogP contribution in [-0.4, -0.2) is 45.9 Å². The van der Waals surface area contributed by atoms with Gasteiger partial charge in [0.05, 0.1) is 24.0 Å². The average molecular weight is 373 g/mol. The lowest BCUT2D eigenvalue weighted by molar-refractivity contribution is -0.121. The first-order valence-electron chi connectivity index (χ1n) is 9.19. The lowest BCUT2D eigenvalue weighted by Gasteiger charge is -2.21. The molecular weight excluding hydrogens is 346 g/mol. The number of unbranched alkanes of at least 4 members (excludes halogenated alkanes) is 1.